The molecule has 0 heterocycles. The number of para-hydroxylation sites is 1. The molecule has 1 amide bonds. The summed E-state index contributed by atoms with van der Waals surface area (Å²) in [6.45, 7) is 5.61. The molecular weight excluding hydrogens is 200 g/mol. The Morgan fingerprint density at radius 1 is 1.38 bits per heavy atom. The maximum atomic E-state index is 12.0. The first-order valence-electron chi connectivity index (χ1n) is 5.70. The van der Waals surface area contributed by atoms with E-state index >= 15 is 0 Å². The normalized spacial score (nSPS) is 12.2. The summed E-state index contributed by atoms with van der Waals surface area (Å²) in [5.74, 6) is 0.150. The highest BCUT2D eigenvalue weighted by atomic mass is 16.2. The number of carbonyl (C=O) groups excluding carboxylic acids is 1. The molecule has 0 aromatic heterocycles. The fourth-order valence-electron chi connectivity index (χ4n) is 1.56. The molecule has 0 fully saturated rings. The number of carbonyl (C=O) groups is 1. The van der Waals surface area contributed by atoms with Gasteiger partial charge in [0, 0.05) is 25.2 Å². The second-order valence-corrected chi connectivity index (χ2v) is 3.94. The molecule has 3 nitrogen and oxygen atoms in total. The topological polar surface area (TPSA) is 32.3 Å². The Morgan fingerprint density at radius 3 is 2.56 bits per heavy atom. The van der Waals surface area contributed by atoms with E-state index in [9.17, 15) is 4.79 Å². The summed E-state index contributed by atoms with van der Waals surface area (Å²) in [6, 6.07) is 9.71. The molecular formula is C13H20N2O. The lowest BCUT2D eigenvalue weighted by Crippen LogP contribution is -2.36. The lowest BCUT2D eigenvalue weighted by molar-refractivity contribution is -0.121. The van der Waals surface area contributed by atoms with Crippen LogP contribution in [0.3, 0.4) is 0 Å². The second-order valence-electron chi connectivity index (χ2n) is 3.94. The van der Waals surface area contributed by atoms with E-state index in [-0.39, 0.29) is 11.8 Å². The number of nitrogens with zero attached hydrogens (tertiary/aromatic N) is 1. The van der Waals surface area contributed by atoms with Crippen molar-refractivity contribution >= 4 is 11.6 Å². The highest BCUT2D eigenvalue weighted by Gasteiger charge is 2.17. The number of amides is 1. The average molecular weight is 220 g/mol. The first-order chi connectivity index (χ1) is 7.66. The van der Waals surface area contributed by atoms with Gasteiger partial charge in [0.05, 0.1) is 0 Å². The predicted octanol–water partition coefficient (Wildman–Crippen LogP) is 1.89. The summed E-state index contributed by atoms with van der Waals surface area (Å²) in [7, 11) is 1.82. The Morgan fingerprint density at radius 2 is 2.00 bits per heavy atom. The molecule has 1 aromatic rings. The number of benzene rings is 1. The summed E-state index contributed by atoms with van der Waals surface area (Å²) in [6.07, 6.45) is 0. The third kappa shape index (κ3) is 3.35. The van der Waals surface area contributed by atoms with Crippen molar-refractivity contribution in [2.75, 3.05) is 25.0 Å². The minimum Gasteiger partial charge on any atom is -0.316 e. The third-order valence-corrected chi connectivity index (χ3v) is 2.60. The van der Waals surface area contributed by atoms with Gasteiger partial charge in [-0.05, 0) is 18.7 Å². The second kappa shape index (κ2) is 6.28. The van der Waals surface area contributed by atoms with E-state index < -0.39 is 0 Å². The van der Waals surface area contributed by atoms with Gasteiger partial charge in [-0.15, -0.1) is 0 Å². The smallest absolute Gasteiger partial charge is 0.230 e. The van der Waals surface area contributed by atoms with Crippen LogP contribution in [-0.4, -0.2) is 26.0 Å². The Bertz CT molecular complexity index is 324. The molecule has 0 saturated heterocycles. The molecule has 0 aliphatic rings. The molecule has 88 valence electrons. The van der Waals surface area contributed by atoms with Gasteiger partial charge in [0.15, 0.2) is 0 Å². The summed E-state index contributed by atoms with van der Waals surface area (Å²) in [5, 5.41) is 3.19. The molecule has 0 radical (unpaired) electrons. The van der Waals surface area contributed by atoms with Gasteiger partial charge >= 0.3 is 0 Å². The fraction of sp³-hybridized carbons (Fsp3) is 0.462. The van der Waals surface area contributed by atoms with E-state index in [2.05, 4.69) is 5.32 Å². The zero-order chi connectivity index (χ0) is 12.0. The number of anilines is 1. The van der Waals surface area contributed by atoms with Gasteiger partial charge in [-0.1, -0.05) is 32.0 Å². The molecule has 1 aromatic carbocycles. The minimum absolute atomic E-state index is 0.00477. The van der Waals surface area contributed by atoms with Crippen molar-refractivity contribution in [2.24, 2.45) is 5.92 Å². The van der Waals surface area contributed by atoms with E-state index in [0.717, 1.165) is 18.8 Å². The first kappa shape index (κ1) is 12.7. The van der Waals surface area contributed by atoms with Crippen LogP contribution in [0.5, 0.6) is 0 Å². The van der Waals surface area contributed by atoms with Crippen LogP contribution in [-0.2, 0) is 4.79 Å². The van der Waals surface area contributed by atoms with E-state index in [0.29, 0.717) is 0 Å². The Hall–Kier alpha value is -1.35. The van der Waals surface area contributed by atoms with Crippen LogP contribution >= 0.6 is 0 Å². The van der Waals surface area contributed by atoms with Crippen molar-refractivity contribution in [3.8, 4) is 0 Å². The van der Waals surface area contributed by atoms with Crippen LogP contribution in [0.25, 0.3) is 0 Å². The van der Waals surface area contributed by atoms with Crippen LogP contribution in [0.4, 0.5) is 5.69 Å². The highest BCUT2D eigenvalue weighted by Crippen LogP contribution is 2.13. The monoisotopic (exact) mass is 220 g/mol. The molecule has 0 aliphatic heterocycles. The molecule has 0 saturated carbocycles. The summed E-state index contributed by atoms with van der Waals surface area (Å²) in [5.41, 5.74) is 0.941. The van der Waals surface area contributed by atoms with E-state index in [1.165, 1.54) is 0 Å². The number of hydrogen-bond donors (Lipinski definition) is 1. The molecule has 1 atom stereocenters. The summed E-state index contributed by atoms with van der Waals surface area (Å²) < 4.78 is 0. The maximum absolute atomic E-state index is 12.0. The Kier molecular flexibility index (Phi) is 4.99. The summed E-state index contributed by atoms with van der Waals surface area (Å²) in [4.78, 5) is 13.7. The van der Waals surface area contributed by atoms with Gasteiger partial charge in [-0.3, -0.25) is 4.79 Å². The third-order valence-electron chi connectivity index (χ3n) is 2.60. The molecule has 1 rings (SSSR count). The van der Waals surface area contributed by atoms with E-state index in [1.807, 2.05) is 51.2 Å². The molecule has 16 heavy (non-hydrogen) atoms. The molecule has 1 N–H and O–H groups in total. The number of nitrogens with one attached hydrogen (secondary N) is 1. The fourth-order valence-corrected chi connectivity index (χ4v) is 1.56. The van der Waals surface area contributed by atoms with Crippen LogP contribution < -0.4 is 10.2 Å². The van der Waals surface area contributed by atoms with Crippen molar-refractivity contribution in [1.82, 2.24) is 5.32 Å². The van der Waals surface area contributed by atoms with Crippen molar-refractivity contribution in [3.63, 3.8) is 0 Å². The quantitative estimate of drug-likeness (QED) is 0.822. The lowest BCUT2D eigenvalue weighted by atomic mass is 10.1. The number of hydrogen-bond acceptors (Lipinski definition) is 2. The van der Waals surface area contributed by atoms with E-state index in [4.69, 9.17) is 0 Å². The molecule has 1 unspecified atom stereocenters. The molecule has 0 bridgehead atoms. The van der Waals surface area contributed by atoms with Gasteiger partial charge in [0.2, 0.25) is 5.91 Å². The van der Waals surface area contributed by atoms with Crippen molar-refractivity contribution in [1.29, 1.82) is 0 Å². The van der Waals surface area contributed by atoms with Crippen molar-refractivity contribution < 1.29 is 4.79 Å². The molecule has 3 heteroatoms. The molecule has 0 spiro atoms. The van der Waals surface area contributed by atoms with Gasteiger partial charge in [0.1, 0.15) is 0 Å². The summed E-state index contributed by atoms with van der Waals surface area (Å²) >= 11 is 0. The minimum atomic E-state index is 0.00477. The van der Waals surface area contributed by atoms with Gasteiger partial charge in [0.25, 0.3) is 0 Å². The van der Waals surface area contributed by atoms with Gasteiger partial charge in [-0.25, -0.2) is 0 Å². The van der Waals surface area contributed by atoms with E-state index in [1.54, 1.807) is 4.90 Å². The molecule has 0 aliphatic carbocycles. The van der Waals surface area contributed by atoms with Crippen molar-refractivity contribution in [3.05, 3.63) is 30.3 Å². The Balaban J connectivity index is 2.60. The van der Waals surface area contributed by atoms with Crippen molar-refractivity contribution in [2.45, 2.75) is 13.8 Å². The first-order valence-corrected chi connectivity index (χ1v) is 5.70. The largest absolute Gasteiger partial charge is 0.316 e. The highest BCUT2D eigenvalue weighted by molar-refractivity contribution is 5.94. The lowest BCUT2D eigenvalue weighted by Gasteiger charge is -2.21. The number of rotatable bonds is 5. The Labute approximate surface area is 97.5 Å². The average Bonchev–Trinajstić information content (AvgIpc) is 2.35. The zero-order valence-corrected chi connectivity index (χ0v) is 10.2. The van der Waals surface area contributed by atoms with Crippen LogP contribution in [0, 0.1) is 5.92 Å². The van der Waals surface area contributed by atoms with Crippen LogP contribution in [0.15, 0.2) is 30.3 Å². The van der Waals surface area contributed by atoms with Crippen LogP contribution in [0.1, 0.15) is 13.8 Å². The zero-order valence-electron chi connectivity index (χ0n) is 10.2. The SMILES string of the molecule is CCNCC(C)C(=O)N(C)c1ccccc1. The van der Waals surface area contributed by atoms with Gasteiger partial charge < -0.3 is 10.2 Å². The standard InChI is InChI=1S/C13H20N2O/c1-4-14-10-11(2)13(16)15(3)12-8-6-5-7-9-12/h5-9,11,14H,4,10H2,1-3H3. The van der Waals surface area contributed by atoms with Gasteiger partial charge in [-0.2, -0.15) is 0 Å². The maximum Gasteiger partial charge on any atom is 0.230 e. The van der Waals surface area contributed by atoms with Crippen LogP contribution in [0.2, 0.25) is 0 Å². The predicted molar refractivity (Wildman–Crippen MR) is 67.6 cm³/mol.